The Morgan fingerprint density at radius 3 is 2.52 bits per heavy atom. The summed E-state index contributed by atoms with van der Waals surface area (Å²) in [7, 11) is 0. The van der Waals surface area contributed by atoms with Crippen LogP contribution in [0.2, 0.25) is 0 Å². The Morgan fingerprint density at radius 2 is 1.78 bits per heavy atom. The number of hydrogen-bond donors (Lipinski definition) is 1. The van der Waals surface area contributed by atoms with Crippen LogP contribution in [0.4, 0.5) is 20.4 Å². The van der Waals surface area contributed by atoms with Crippen LogP contribution >= 0.6 is 0 Å². The molecule has 1 aromatic heterocycles. The summed E-state index contributed by atoms with van der Waals surface area (Å²) in [5.74, 6) is -0.812. The number of morpholine rings is 1. The van der Waals surface area contributed by atoms with Gasteiger partial charge in [0.2, 0.25) is 0 Å². The zero-order chi connectivity index (χ0) is 18.8. The molecule has 0 atom stereocenters. The van der Waals surface area contributed by atoms with Crippen LogP contribution in [0.15, 0.2) is 51.7 Å². The van der Waals surface area contributed by atoms with E-state index >= 15 is 0 Å². The molecular formula is C20H18F2N2O3. The zero-order valence-corrected chi connectivity index (χ0v) is 14.5. The molecule has 1 saturated heterocycles. The minimum absolute atomic E-state index is 0.128. The van der Waals surface area contributed by atoms with Gasteiger partial charge in [0, 0.05) is 43.0 Å². The van der Waals surface area contributed by atoms with Gasteiger partial charge in [-0.1, -0.05) is 12.1 Å². The van der Waals surface area contributed by atoms with Crippen molar-refractivity contribution in [2.45, 2.75) is 6.54 Å². The number of fused-ring (bicyclic) bond motifs is 1. The quantitative estimate of drug-likeness (QED) is 0.760. The fourth-order valence-corrected chi connectivity index (χ4v) is 3.16. The molecule has 2 aromatic carbocycles. The van der Waals surface area contributed by atoms with Crippen LogP contribution in [0.3, 0.4) is 0 Å². The molecule has 0 spiro atoms. The molecule has 0 saturated carbocycles. The molecule has 7 heteroatoms. The average Bonchev–Trinajstić information content (AvgIpc) is 2.66. The minimum Gasteiger partial charge on any atom is -0.440 e. The van der Waals surface area contributed by atoms with E-state index in [-0.39, 0.29) is 12.0 Å². The maximum Gasteiger partial charge on any atom is 0.200 e. The Labute approximate surface area is 154 Å². The van der Waals surface area contributed by atoms with Crippen LogP contribution in [-0.4, -0.2) is 26.3 Å². The average molecular weight is 372 g/mol. The molecule has 1 aliphatic rings. The second kappa shape index (κ2) is 7.36. The van der Waals surface area contributed by atoms with E-state index < -0.39 is 11.6 Å². The standard InChI is InChI=1S/C20H18F2N2O3/c21-14-8-15(22)10-16(9-14)23-12-13-2-1-3-17-18(25)11-19(27-20(13)17)24-4-6-26-7-5-24/h1-3,8-11,23H,4-7,12H2. The van der Waals surface area contributed by atoms with Crippen molar-refractivity contribution >= 4 is 22.5 Å². The third kappa shape index (κ3) is 3.78. The molecule has 0 bridgehead atoms. The summed E-state index contributed by atoms with van der Waals surface area (Å²) >= 11 is 0. The molecule has 1 aliphatic heterocycles. The molecule has 3 aromatic rings. The Balaban J connectivity index is 1.67. The number of ether oxygens (including phenoxy) is 1. The fourth-order valence-electron chi connectivity index (χ4n) is 3.16. The summed E-state index contributed by atoms with van der Waals surface area (Å²) in [6.07, 6.45) is 0. The first kappa shape index (κ1) is 17.5. The summed E-state index contributed by atoms with van der Waals surface area (Å²) in [6.45, 7) is 2.72. The van der Waals surface area contributed by atoms with Crippen LogP contribution < -0.4 is 15.6 Å². The highest BCUT2D eigenvalue weighted by atomic mass is 19.1. The van der Waals surface area contributed by atoms with Crippen molar-refractivity contribution < 1.29 is 17.9 Å². The summed E-state index contributed by atoms with van der Waals surface area (Å²) in [6, 6.07) is 10.0. The van der Waals surface area contributed by atoms with E-state index in [0.29, 0.717) is 48.8 Å². The first-order valence-corrected chi connectivity index (χ1v) is 8.68. The van der Waals surface area contributed by atoms with Crippen LogP contribution in [-0.2, 0) is 11.3 Å². The predicted octanol–water partition coefficient (Wildman–Crippen LogP) is 3.52. The third-order valence-electron chi connectivity index (χ3n) is 4.49. The Kier molecular flexibility index (Phi) is 4.77. The molecule has 2 heterocycles. The van der Waals surface area contributed by atoms with E-state index in [0.717, 1.165) is 11.6 Å². The molecule has 4 rings (SSSR count). The molecule has 1 fully saturated rings. The zero-order valence-electron chi connectivity index (χ0n) is 14.5. The number of benzene rings is 2. The molecule has 140 valence electrons. The smallest absolute Gasteiger partial charge is 0.200 e. The number of nitrogens with zero attached hydrogens (tertiary/aromatic N) is 1. The molecule has 0 aliphatic carbocycles. The van der Waals surface area contributed by atoms with Gasteiger partial charge in [-0.05, 0) is 18.2 Å². The van der Waals surface area contributed by atoms with Crippen molar-refractivity contribution in [3.8, 4) is 0 Å². The highest BCUT2D eigenvalue weighted by molar-refractivity contribution is 5.81. The second-order valence-corrected chi connectivity index (χ2v) is 6.35. The van der Waals surface area contributed by atoms with Crippen molar-refractivity contribution in [2.75, 3.05) is 36.5 Å². The second-order valence-electron chi connectivity index (χ2n) is 6.35. The van der Waals surface area contributed by atoms with Crippen LogP contribution in [0.1, 0.15) is 5.56 Å². The van der Waals surface area contributed by atoms with Gasteiger partial charge in [0.1, 0.15) is 17.2 Å². The number of halogens is 2. The minimum atomic E-state index is -0.656. The normalized spacial score (nSPS) is 14.5. The van der Waals surface area contributed by atoms with E-state index in [1.54, 1.807) is 12.1 Å². The van der Waals surface area contributed by atoms with E-state index in [1.807, 2.05) is 11.0 Å². The number of anilines is 2. The molecule has 5 nitrogen and oxygen atoms in total. The van der Waals surface area contributed by atoms with Gasteiger partial charge in [-0.3, -0.25) is 4.79 Å². The van der Waals surface area contributed by atoms with Gasteiger partial charge in [-0.15, -0.1) is 0 Å². The number of hydrogen-bond acceptors (Lipinski definition) is 5. The summed E-state index contributed by atoms with van der Waals surface area (Å²) < 4.78 is 38.1. The first-order chi connectivity index (χ1) is 13.1. The largest absolute Gasteiger partial charge is 0.440 e. The van der Waals surface area contributed by atoms with Gasteiger partial charge in [0.25, 0.3) is 0 Å². The summed E-state index contributed by atoms with van der Waals surface area (Å²) in [4.78, 5) is 14.5. The molecular weight excluding hydrogens is 354 g/mol. The lowest BCUT2D eigenvalue weighted by Gasteiger charge is -2.27. The van der Waals surface area contributed by atoms with Crippen molar-refractivity contribution in [3.05, 3.63) is 69.9 Å². The van der Waals surface area contributed by atoms with Crippen molar-refractivity contribution in [2.24, 2.45) is 0 Å². The topological polar surface area (TPSA) is 54.7 Å². The maximum atomic E-state index is 13.4. The molecule has 0 unspecified atom stereocenters. The fraction of sp³-hybridized carbons (Fsp3) is 0.250. The molecule has 27 heavy (non-hydrogen) atoms. The van der Waals surface area contributed by atoms with Crippen molar-refractivity contribution in [3.63, 3.8) is 0 Å². The van der Waals surface area contributed by atoms with Gasteiger partial charge >= 0.3 is 0 Å². The van der Waals surface area contributed by atoms with Crippen molar-refractivity contribution in [1.29, 1.82) is 0 Å². The van der Waals surface area contributed by atoms with Gasteiger partial charge in [0.15, 0.2) is 11.3 Å². The van der Waals surface area contributed by atoms with Crippen LogP contribution in [0.5, 0.6) is 0 Å². The number of para-hydroxylation sites is 1. The highest BCUT2D eigenvalue weighted by Gasteiger charge is 2.16. The van der Waals surface area contributed by atoms with Crippen LogP contribution in [0, 0.1) is 11.6 Å². The van der Waals surface area contributed by atoms with Crippen molar-refractivity contribution in [1.82, 2.24) is 0 Å². The molecule has 0 radical (unpaired) electrons. The highest BCUT2D eigenvalue weighted by Crippen LogP contribution is 2.24. The lowest BCUT2D eigenvalue weighted by Crippen LogP contribution is -2.36. The maximum absolute atomic E-state index is 13.4. The van der Waals surface area contributed by atoms with Gasteiger partial charge in [0.05, 0.1) is 18.6 Å². The Hall–Kier alpha value is -2.93. The summed E-state index contributed by atoms with van der Waals surface area (Å²) in [5.41, 5.74) is 1.38. The number of rotatable bonds is 4. The van der Waals surface area contributed by atoms with Gasteiger partial charge in [-0.2, -0.15) is 0 Å². The Bertz CT molecular complexity index is 1010. The third-order valence-corrected chi connectivity index (χ3v) is 4.49. The number of nitrogens with one attached hydrogen (secondary N) is 1. The van der Waals surface area contributed by atoms with E-state index in [9.17, 15) is 13.6 Å². The SMILES string of the molecule is O=c1cc(N2CCOCC2)oc2c(CNc3cc(F)cc(F)c3)cccc12. The van der Waals surface area contributed by atoms with Gasteiger partial charge in [-0.25, -0.2) is 8.78 Å². The Morgan fingerprint density at radius 1 is 1.04 bits per heavy atom. The van der Waals surface area contributed by atoms with E-state index in [4.69, 9.17) is 9.15 Å². The van der Waals surface area contributed by atoms with Gasteiger partial charge < -0.3 is 19.4 Å². The lowest BCUT2D eigenvalue weighted by atomic mass is 10.1. The molecule has 0 amide bonds. The first-order valence-electron chi connectivity index (χ1n) is 8.68. The van der Waals surface area contributed by atoms with E-state index in [1.165, 1.54) is 18.2 Å². The lowest BCUT2D eigenvalue weighted by molar-refractivity contribution is 0.121. The molecule has 1 N–H and O–H groups in total. The monoisotopic (exact) mass is 372 g/mol. The predicted molar refractivity (Wildman–Crippen MR) is 99.2 cm³/mol. The van der Waals surface area contributed by atoms with Crippen LogP contribution in [0.25, 0.3) is 11.0 Å². The summed E-state index contributed by atoms with van der Waals surface area (Å²) in [5, 5.41) is 3.45. The van der Waals surface area contributed by atoms with E-state index in [2.05, 4.69) is 5.32 Å².